The fraction of sp³-hybridized carbons (Fsp3) is 0.700. The van der Waals surface area contributed by atoms with Gasteiger partial charge in [-0.15, -0.1) is 0 Å². The van der Waals surface area contributed by atoms with Gasteiger partial charge in [0.15, 0.2) is 5.16 Å². The Morgan fingerprint density at radius 3 is 2.88 bits per heavy atom. The lowest BCUT2D eigenvalue weighted by molar-refractivity contribution is -0.143. The fourth-order valence-electron chi connectivity index (χ4n) is 1.40. The Balaban J connectivity index is 2.33. The predicted octanol–water partition coefficient (Wildman–Crippen LogP) is 0.879. The third-order valence-corrected chi connectivity index (χ3v) is 3.85. The quantitative estimate of drug-likeness (QED) is 0.557. The van der Waals surface area contributed by atoms with Crippen molar-refractivity contribution in [1.29, 1.82) is 0 Å². The summed E-state index contributed by atoms with van der Waals surface area (Å²) in [6.07, 6.45) is 3.16. The van der Waals surface area contributed by atoms with E-state index < -0.39 is 11.5 Å². The SMILES string of the molecule is CCC(N)(CCCSc1ncnn1C)C(=O)O. The van der Waals surface area contributed by atoms with Gasteiger partial charge in [0, 0.05) is 12.8 Å². The van der Waals surface area contributed by atoms with E-state index in [-0.39, 0.29) is 0 Å². The number of carboxylic acids is 1. The maximum atomic E-state index is 11.0. The van der Waals surface area contributed by atoms with Crippen LogP contribution in [0.25, 0.3) is 0 Å². The van der Waals surface area contributed by atoms with E-state index in [1.807, 2.05) is 7.05 Å². The summed E-state index contributed by atoms with van der Waals surface area (Å²) in [5.74, 6) is -0.137. The Hall–Kier alpha value is -1.08. The number of aryl methyl sites for hydroxylation is 1. The first kappa shape index (κ1) is 14.0. The van der Waals surface area contributed by atoms with E-state index in [4.69, 9.17) is 10.8 Å². The first-order valence-electron chi connectivity index (χ1n) is 5.48. The average molecular weight is 258 g/mol. The molecule has 0 saturated carbocycles. The molecular formula is C10H18N4O2S. The first-order chi connectivity index (χ1) is 7.99. The Kier molecular flexibility index (Phi) is 4.95. The summed E-state index contributed by atoms with van der Waals surface area (Å²) in [6, 6.07) is 0. The number of hydrogen-bond acceptors (Lipinski definition) is 5. The molecule has 0 bridgehead atoms. The Labute approximate surface area is 105 Å². The molecule has 17 heavy (non-hydrogen) atoms. The molecule has 0 spiro atoms. The van der Waals surface area contributed by atoms with Gasteiger partial charge in [-0.2, -0.15) is 5.10 Å². The van der Waals surface area contributed by atoms with Gasteiger partial charge < -0.3 is 10.8 Å². The van der Waals surface area contributed by atoms with Crippen LogP contribution in [0.3, 0.4) is 0 Å². The smallest absolute Gasteiger partial charge is 0.323 e. The molecule has 7 heteroatoms. The molecule has 0 saturated heterocycles. The lowest BCUT2D eigenvalue weighted by Gasteiger charge is -2.22. The van der Waals surface area contributed by atoms with Gasteiger partial charge in [-0.1, -0.05) is 18.7 Å². The number of hydrogen-bond donors (Lipinski definition) is 2. The number of carbonyl (C=O) groups is 1. The highest BCUT2D eigenvalue weighted by molar-refractivity contribution is 7.99. The van der Waals surface area contributed by atoms with Crippen molar-refractivity contribution in [2.75, 3.05) is 5.75 Å². The van der Waals surface area contributed by atoms with Crippen LogP contribution in [-0.2, 0) is 11.8 Å². The molecule has 0 aliphatic rings. The third kappa shape index (κ3) is 3.71. The van der Waals surface area contributed by atoms with Crippen molar-refractivity contribution >= 4 is 17.7 Å². The lowest BCUT2D eigenvalue weighted by Crippen LogP contribution is -2.47. The fourth-order valence-corrected chi connectivity index (χ4v) is 2.23. The van der Waals surface area contributed by atoms with E-state index in [9.17, 15) is 4.79 Å². The molecular weight excluding hydrogens is 240 g/mol. The second-order valence-electron chi connectivity index (χ2n) is 3.93. The van der Waals surface area contributed by atoms with Crippen LogP contribution in [0.5, 0.6) is 0 Å². The zero-order valence-electron chi connectivity index (χ0n) is 10.1. The minimum Gasteiger partial charge on any atom is -0.480 e. The van der Waals surface area contributed by atoms with Gasteiger partial charge in [0.2, 0.25) is 0 Å². The molecule has 1 unspecified atom stereocenters. The summed E-state index contributed by atoms with van der Waals surface area (Å²) in [5.41, 5.74) is 4.69. The van der Waals surface area contributed by atoms with Crippen LogP contribution in [0.1, 0.15) is 26.2 Å². The standard InChI is InChI=1S/C10H18N4O2S/c1-3-10(11,8(15)16)5-4-6-17-9-12-7-13-14(9)2/h7H,3-6,11H2,1-2H3,(H,15,16). The number of thioether (sulfide) groups is 1. The van der Waals surface area contributed by atoms with Crippen LogP contribution in [0, 0.1) is 0 Å². The number of aromatic nitrogens is 3. The summed E-state index contributed by atoms with van der Waals surface area (Å²) in [7, 11) is 1.83. The topological polar surface area (TPSA) is 94.0 Å². The normalized spacial score (nSPS) is 14.5. The molecule has 1 aromatic rings. The molecule has 96 valence electrons. The molecule has 0 radical (unpaired) electrons. The molecule has 1 aromatic heterocycles. The maximum Gasteiger partial charge on any atom is 0.323 e. The lowest BCUT2D eigenvalue weighted by atomic mass is 9.92. The van der Waals surface area contributed by atoms with Gasteiger partial charge >= 0.3 is 5.97 Å². The van der Waals surface area contributed by atoms with E-state index in [1.165, 1.54) is 6.33 Å². The molecule has 3 N–H and O–H groups in total. The summed E-state index contributed by atoms with van der Waals surface area (Å²) < 4.78 is 1.69. The van der Waals surface area contributed by atoms with E-state index in [1.54, 1.807) is 23.4 Å². The van der Waals surface area contributed by atoms with Crippen LogP contribution in [0.4, 0.5) is 0 Å². The summed E-state index contributed by atoms with van der Waals surface area (Å²) in [4.78, 5) is 15.0. The molecule has 0 aliphatic carbocycles. The Morgan fingerprint density at radius 2 is 2.41 bits per heavy atom. The first-order valence-corrected chi connectivity index (χ1v) is 6.47. The summed E-state index contributed by atoms with van der Waals surface area (Å²) >= 11 is 1.56. The number of carboxylic acid groups (broad SMARTS) is 1. The molecule has 0 fully saturated rings. The highest BCUT2D eigenvalue weighted by Gasteiger charge is 2.30. The third-order valence-electron chi connectivity index (χ3n) is 2.73. The maximum absolute atomic E-state index is 11.0. The molecule has 0 aliphatic heterocycles. The molecule has 6 nitrogen and oxygen atoms in total. The van der Waals surface area contributed by atoms with E-state index in [2.05, 4.69) is 10.1 Å². The van der Waals surface area contributed by atoms with Crippen LogP contribution in [-0.4, -0.2) is 37.1 Å². The van der Waals surface area contributed by atoms with Crippen molar-refractivity contribution < 1.29 is 9.90 Å². The van der Waals surface area contributed by atoms with Crippen LogP contribution < -0.4 is 5.73 Å². The number of rotatable bonds is 7. The van der Waals surface area contributed by atoms with Gasteiger partial charge in [0.1, 0.15) is 11.9 Å². The number of nitrogens with zero attached hydrogens (tertiary/aromatic N) is 3. The molecule has 0 amide bonds. The minimum absolute atomic E-state index is 0.441. The molecule has 1 heterocycles. The number of aliphatic carboxylic acids is 1. The second kappa shape index (κ2) is 6.02. The van der Waals surface area contributed by atoms with Gasteiger partial charge in [-0.3, -0.25) is 4.79 Å². The van der Waals surface area contributed by atoms with E-state index in [0.29, 0.717) is 12.8 Å². The number of nitrogens with two attached hydrogens (primary N) is 1. The van der Waals surface area contributed by atoms with Crippen molar-refractivity contribution in [3.63, 3.8) is 0 Å². The Morgan fingerprint density at radius 1 is 1.71 bits per heavy atom. The van der Waals surface area contributed by atoms with E-state index in [0.717, 1.165) is 17.3 Å². The highest BCUT2D eigenvalue weighted by atomic mass is 32.2. The minimum atomic E-state index is -1.10. The van der Waals surface area contributed by atoms with Crippen molar-refractivity contribution in [1.82, 2.24) is 14.8 Å². The van der Waals surface area contributed by atoms with Gasteiger partial charge in [-0.25, -0.2) is 9.67 Å². The summed E-state index contributed by atoms with van der Waals surface area (Å²) in [5, 5.41) is 13.8. The van der Waals surface area contributed by atoms with Crippen molar-refractivity contribution in [2.24, 2.45) is 12.8 Å². The molecule has 1 atom stereocenters. The van der Waals surface area contributed by atoms with Crippen molar-refractivity contribution in [3.05, 3.63) is 6.33 Å². The van der Waals surface area contributed by atoms with Gasteiger partial charge in [-0.05, 0) is 19.3 Å². The largest absolute Gasteiger partial charge is 0.480 e. The van der Waals surface area contributed by atoms with Crippen LogP contribution in [0.15, 0.2) is 11.5 Å². The zero-order chi connectivity index (χ0) is 12.9. The van der Waals surface area contributed by atoms with Gasteiger partial charge in [0.05, 0.1) is 0 Å². The highest BCUT2D eigenvalue weighted by Crippen LogP contribution is 2.20. The van der Waals surface area contributed by atoms with E-state index >= 15 is 0 Å². The second-order valence-corrected chi connectivity index (χ2v) is 5.00. The monoisotopic (exact) mass is 258 g/mol. The van der Waals surface area contributed by atoms with Gasteiger partial charge in [0.25, 0.3) is 0 Å². The van der Waals surface area contributed by atoms with Crippen molar-refractivity contribution in [3.8, 4) is 0 Å². The van der Waals surface area contributed by atoms with Crippen LogP contribution in [0.2, 0.25) is 0 Å². The van der Waals surface area contributed by atoms with Crippen molar-refractivity contribution in [2.45, 2.75) is 36.9 Å². The Bertz CT molecular complexity index is 382. The molecule has 1 rings (SSSR count). The van der Waals surface area contributed by atoms with Crippen LogP contribution >= 0.6 is 11.8 Å². The molecule has 0 aromatic carbocycles. The zero-order valence-corrected chi connectivity index (χ0v) is 10.9. The summed E-state index contributed by atoms with van der Waals surface area (Å²) in [6.45, 7) is 1.80. The predicted molar refractivity (Wildman–Crippen MR) is 65.8 cm³/mol. The average Bonchev–Trinajstić information content (AvgIpc) is 2.70.